The van der Waals surface area contributed by atoms with E-state index in [4.69, 9.17) is 0 Å². The van der Waals surface area contributed by atoms with E-state index in [0.717, 1.165) is 5.69 Å². The molecule has 0 atom stereocenters. The number of piperazine rings is 1. The van der Waals surface area contributed by atoms with Gasteiger partial charge in [0.2, 0.25) is 5.95 Å². The third-order valence-electron chi connectivity index (χ3n) is 5.41. The monoisotopic (exact) mass is 418 g/mol. The Hall–Kier alpha value is -4.28. The molecule has 0 bridgehead atoms. The molecule has 3 heterocycles. The molecular weight excluding hydrogens is 400 g/mol. The van der Waals surface area contributed by atoms with Crippen LogP contribution in [0.3, 0.4) is 0 Å². The highest BCUT2D eigenvalue weighted by atomic mass is 16.6. The number of nitrogens with zero attached hydrogens (tertiary/aromatic N) is 7. The molecule has 5 rings (SSSR count). The average molecular weight is 418 g/mol. The molecule has 0 radical (unpaired) electrons. The third-order valence-corrected chi connectivity index (χ3v) is 5.41. The summed E-state index contributed by atoms with van der Waals surface area (Å²) in [5.74, 6) is 0.468. The number of hydrogen-bond donors (Lipinski definition) is 1. The number of anilines is 1. The van der Waals surface area contributed by atoms with Gasteiger partial charge in [0.1, 0.15) is 0 Å². The quantitative estimate of drug-likeness (QED) is 0.397. The molecule has 1 aliphatic rings. The zero-order chi connectivity index (χ0) is 21.4. The molecule has 0 spiro atoms. The Bertz CT molecular complexity index is 1260. The van der Waals surface area contributed by atoms with Gasteiger partial charge in [-0.25, -0.2) is 0 Å². The lowest BCUT2D eigenvalue weighted by atomic mass is 10.1. The van der Waals surface area contributed by atoms with E-state index in [1.165, 1.54) is 12.1 Å². The maximum absolute atomic E-state index is 13.1. The van der Waals surface area contributed by atoms with E-state index in [-0.39, 0.29) is 11.6 Å². The highest BCUT2D eigenvalue weighted by molar-refractivity contribution is 6.07. The smallest absolute Gasteiger partial charge is 0.270 e. The van der Waals surface area contributed by atoms with Gasteiger partial charge in [-0.15, -0.1) is 0 Å². The van der Waals surface area contributed by atoms with Crippen molar-refractivity contribution in [3.05, 3.63) is 70.4 Å². The van der Waals surface area contributed by atoms with Gasteiger partial charge in [0.25, 0.3) is 11.6 Å². The highest BCUT2D eigenvalue weighted by Gasteiger charge is 2.27. The van der Waals surface area contributed by atoms with E-state index in [9.17, 15) is 14.9 Å². The van der Waals surface area contributed by atoms with E-state index < -0.39 is 4.92 Å². The number of nitro groups is 1. The number of para-hydroxylation sites is 1. The van der Waals surface area contributed by atoms with Gasteiger partial charge in [-0.05, 0) is 28.6 Å². The van der Waals surface area contributed by atoms with Crippen LogP contribution >= 0.6 is 0 Å². The largest absolute Gasteiger partial charge is 0.360 e. The first-order valence-electron chi connectivity index (χ1n) is 9.75. The number of carbonyl (C=O) groups is 1. The van der Waals surface area contributed by atoms with Crippen molar-refractivity contribution in [1.29, 1.82) is 0 Å². The summed E-state index contributed by atoms with van der Waals surface area (Å²) < 4.78 is 1.68. The number of nitro benzene ring substituents is 1. The average Bonchev–Trinajstić information content (AvgIpc) is 3.46. The molecule has 1 saturated heterocycles. The molecule has 0 saturated carbocycles. The van der Waals surface area contributed by atoms with Crippen molar-refractivity contribution in [3.63, 3.8) is 0 Å². The number of rotatable bonds is 4. The molecule has 2 aromatic heterocycles. The number of tetrazole rings is 1. The first kappa shape index (κ1) is 18.7. The minimum absolute atomic E-state index is 0.0429. The van der Waals surface area contributed by atoms with E-state index in [1.807, 2.05) is 35.2 Å². The van der Waals surface area contributed by atoms with Crippen LogP contribution in [0.1, 0.15) is 10.4 Å². The Labute approximate surface area is 176 Å². The summed E-state index contributed by atoms with van der Waals surface area (Å²) >= 11 is 0. The van der Waals surface area contributed by atoms with Crippen LogP contribution in [0.25, 0.3) is 16.6 Å². The van der Waals surface area contributed by atoms with Crippen LogP contribution in [0.2, 0.25) is 0 Å². The topological polar surface area (TPSA) is 126 Å². The van der Waals surface area contributed by atoms with Crippen LogP contribution in [-0.2, 0) is 0 Å². The van der Waals surface area contributed by atoms with Gasteiger partial charge >= 0.3 is 0 Å². The number of nitrogens with one attached hydrogen (secondary N) is 1. The van der Waals surface area contributed by atoms with Crippen LogP contribution in [0.15, 0.2) is 54.7 Å². The minimum atomic E-state index is -0.462. The molecule has 1 N–H and O–H groups in total. The van der Waals surface area contributed by atoms with Gasteiger partial charge in [0, 0.05) is 55.4 Å². The maximum atomic E-state index is 13.1. The number of non-ortho nitro benzene ring substituents is 1. The van der Waals surface area contributed by atoms with E-state index >= 15 is 0 Å². The lowest BCUT2D eigenvalue weighted by Gasteiger charge is -2.34. The van der Waals surface area contributed by atoms with Crippen molar-refractivity contribution in [2.75, 3.05) is 31.1 Å². The molecule has 11 heteroatoms. The molecule has 4 aromatic rings. The molecular formula is C20H18N8O3. The number of benzene rings is 2. The number of H-pyrrole nitrogens is 1. The first-order chi connectivity index (χ1) is 15.1. The Kier molecular flexibility index (Phi) is 4.54. The van der Waals surface area contributed by atoms with Crippen molar-refractivity contribution in [3.8, 4) is 5.69 Å². The summed E-state index contributed by atoms with van der Waals surface area (Å²) in [6, 6.07) is 14.1. The zero-order valence-corrected chi connectivity index (χ0v) is 16.4. The predicted octanol–water partition coefficient (Wildman–Crippen LogP) is 2.01. The Morgan fingerprint density at radius 2 is 1.84 bits per heavy atom. The standard InChI is InChI=1S/C20H18N8O3/c29-19(17-13-21-18-7-6-15(28(30)31)12-16(17)18)25-8-10-26(11-9-25)20-22-23-24-27(20)14-4-2-1-3-5-14/h1-7,12-13,21H,8-11H2. The first-order valence-corrected chi connectivity index (χ1v) is 9.75. The van der Waals surface area contributed by atoms with Gasteiger partial charge in [0.15, 0.2) is 0 Å². The molecule has 31 heavy (non-hydrogen) atoms. The predicted molar refractivity (Wildman–Crippen MR) is 112 cm³/mol. The molecule has 156 valence electrons. The fourth-order valence-electron chi connectivity index (χ4n) is 3.79. The minimum Gasteiger partial charge on any atom is -0.360 e. The normalized spacial score (nSPS) is 14.2. The SMILES string of the molecule is O=C(c1c[nH]c2ccc([N+](=O)[O-])cc12)N1CCN(c2nnnn2-c2ccccc2)CC1. The van der Waals surface area contributed by atoms with Gasteiger partial charge in [-0.3, -0.25) is 14.9 Å². The summed E-state index contributed by atoms with van der Waals surface area (Å²) in [5, 5.41) is 23.7. The van der Waals surface area contributed by atoms with E-state index in [2.05, 4.69) is 20.5 Å². The molecule has 2 aromatic carbocycles. The second-order valence-corrected chi connectivity index (χ2v) is 7.19. The fourth-order valence-corrected chi connectivity index (χ4v) is 3.79. The molecule has 1 fully saturated rings. The van der Waals surface area contributed by atoms with Crippen LogP contribution in [0, 0.1) is 10.1 Å². The van der Waals surface area contributed by atoms with Gasteiger partial charge < -0.3 is 14.8 Å². The van der Waals surface area contributed by atoms with Crippen LogP contribution in [-0.4, -0.2) is 67.1 Å². The summed E-state index contributed by atoms with van der Waals surface area (Å²) in [5.41, 5.74) is 1.94. The van der Waals surface area contributed by atoms with Gasteiger partial charge in [-0.1, -0.05) is 23.3 Å². The number of amides is 1. The molecule has 1 aliphatic heterocycles. The molecule has 0 unspecified atom stereocenters. The zero-order valence-electron chi connectivity index (χ0n) is 16.4. The number of fused-ring (bicyclic) bond motifs is 1. The number of aromatic nitrogens is 5. The Balaban J connectivity index is 1.33. The van der Waals surface area contributed by atoms with Crippen LogP contribution < -0.4 is 4.90 Å². The second-order valence-electron chi connectivity index (χ2n) is 7.19. The van der Waals surface area contributed by atoms with Gasteiger partial charge in [0.05, 0.1) is 16.2 Å². The molecule has 0 aliphatic carbocycles. The lowest BCUT2D eigenvalue weighted by Crippen LogP contribution is -2.49. The number of carbonyl (C=O) groups excluding carboxylic acids is 1. The fraction of sp³-hybridized carbons (Fsp3) is 0.200. The highest BCUT2D eigenvalue weighted by Crippen LogP contribution is 2.25. The van der Waals surface area contributed by atoms with Crippen molar-refractivity contribution < 1.29 is 9.72 Å². The van der Waals surface area contributed by atoms with Crippen molar-refractivity contribution in [2.24, 2.45) is 0 Å². The summed E-state index contributed by atoms with van der Waals surface area (Å²) in [4.78, 5) is 30.6. The van der Waals surface area contributed by atoms with Crippen LogP contribution in [0.5, 0.6) is 0 Å². The van der Waals surface area contributed by atoms with E-state index in [0.29, 0.717) is 48.6 Å². The van der Waals surface area contributed by atoms with E-state index in [1.54, 1.807) is 21.8 Å². The molecule has 1 amide bonds. The van der Waals surface area contributed by atoms with Crippen LogP contribution in [0.4, 0.5) is 11.6 Å². The summed E-state index contributed by atoms with van der Waals surface area (Å²) in [6.07, 6.45) is 1.61. The second kappa shape index (κ2) is 7.52. The Morgan fingerprint density at radius 3 is 2.58 bits per heavy atom. The maximum Gasteiger partial charge on any atom is 0.270 e. The Morgan fingerprint density at radius 1 is 1.06 bits per heavy atom. The number of aromatic amines is 1. The summed E-state index contributed by atoms with van der Waals surface area (Å²) in [7, 11) is 0. The molecule has 11 nitrogen and oxygen atoms in total. The summed E-state index contributed by atoms with van der Waals surface area (Å²) in [6.45, 7) is 2.12. The van der Waals surface area contributed by atoms with Crippen molar-refractivity contribution >= 4 is 28.4 Å². The number of hydrogen-bond acceptors (Lipinski definition) is 7. The van der Waals surface area contributed by atoms with Gasteiger partial charge in [-0.2, -0.15) is 4.68 Å². The van der Waals surface area contributed by atoms with Crippen molar-refractivity contribution in [1.82, 2.24) is 30.1 Å². The third kappa shape index (κ3) is 3.35. The lowest BCUT2D eigenvalue weighted by molar-refractivity contribution is -0.384. The van der Waals surface area contributed by atoms with Crippen molar-refractivity contribution in [2.45, 2.75) is 0 Å².